The van der Waals surface area contributed by atoms with Crippen LogP contribution in [0.2, 0.25) is 0 Å². The van der Waals surface area contributed by atoms with Crippen molar-refractivity contribution < 1.29 is 4.79 Å². The van der Waals surface area contributed by atoms with Crippen LogP contribution in [0.15, 0.2) is 28.7 Å². The van der Waals surface area contributed by atoms with Crippen LogP contribution in [-0.2, 0) is 4.79 Å². The first-order valence-electron chi connectivity index (χ1n) is 5.04. The van der Waals surface area contributed by atoms with Crippen molar-refractivity contribution in [3.8, 4) is 0 Å². The average Bonchev–Trinajstić information content (AvgIpc) is 2.99. The smallest absolute Gasteiger partial charge is 0.238 e. The number of carbonyl (C=O) groups is 1. The highest BCUT2D eigenvalue weighted by molar-refractivity contribution is 9.10. The molecule has 1 aliphatic carbocycles. The number of hydrogen-bond acceptors (Lipinski definition) is 2. The highest BCUT2D eigenvalue weighted by Crippen LogP contribution is 2.32. The Morgan fingerprint density at radius 1 is 1.47 bits per heavy atom. The van der Waals surface area contributed by atoms with Crippen molar-refractivity contribution in [2.45, 2.75) is 19.3 Å². The monoisotopic (exact) mass is 268 g/mol. The molecule has 0 aromatic heterocycles. The van der Waals surface area contributed by atoms with Crippen LogP contribution in [0.1, 0.15) is 19.3 Å². The van der Waals surface area contributed by atoms with Gasteiger partial charge < -0.3 is 0 Å². The van der Waals surface area contributed by atoms with Crippen LogP contribution in [0.4, 0.5) is 5.69 Å². The number of halogens is 1. The Balaban J connectivity index is 1.78. The lowest BCUT2D eigenvalue weighted by molar-refractivity contribution is -0.120. The van der Waals surface area contributed by atoms with E-state index in [1.807, 2.05) is 24.3 Å². The quantitative estimate of drug-likeness (QED) is 0.825. The van der Waals surface area contributed by atoms with Crippen molar-refractivity contribution in [3.05, 3.63) is 28.7 Å². The third-order valence-corrected chi connectivity index (χ3v) is 2.84. The molecule has 1 fully saturated rings. The van der Waals surface area contributed by atoms with E-state index < -0.39 is 0 Å². The van der Waals surface area contributed by atoms with Gasteiger partial charge in [0.05, 0.1) is 5.69 Å². The Bertz CT molecular complexity index is 363. The topological polar surface area (TPSA) is 41.1 Å². The lowest BCUT2D eigenvalue weighted by Crippen LogP contribution is -2.29. The summed E-state index contributed by atoms with van der Waals surface area (Å²) in [7, 11) is 0. The van der Waals surface area contributed by atoms with Crippen LogP contribution >= 0.6 is 15.9 Å². The average molecular weight is 269 g/mol. The molecule has 4 heteroatoms. The molecular formula is C11H13BrN2O. The molecule has 80 valence electrons. The number of nitrogens with one attached hydrogen (secondary N) is 2. The summed E-state index contributed by atoms with van der Waals surface area (Å²) in [6.45, 7) is 0. The standard InChI is InChI=1S/C11H13BrN2O/c12-9-2-1-3-10(7-9)13-14-11(15)6-8-4-5-8/h1-3,7-8,13H,4-6H2,(H,14,15). The van der Waals surface area contributed by atoms with E-state index in [4.69, 9.17) is 0 Å². The van der Waals surface area contributed by atoms with E-state index in [0.717, 1.165) is 10.2 Å². The zero-order chi connectivity index (χ0) is 10.7. The first-order valence-corrected chi connectivity index (χ1v) is 5.84. The Hall–Kier alpha value is -1.03. The lowest BCUT2D eigenvalue weighted by Gasteiger charge is -2.08. The van der Waals surface area contributed by atoms with Gasteiger partial charge in [-0.15, -0.1) is 0 Å². The summed E-state index contributed by atoms with van der Waals surface area (Å²) in [5, 5.41) is 0. The van der Waals surface area contributed by atoms with Crippen LogP contribution in [0.3, 0.4) is 0 Å². The summed E-state index contributed by atoms with van der Waals surface area (Å²) >= 11 is 3.37. The molecule has 0 spiro atoms. The summed E-state index contributed by atoms with van der Waals surface area (Å²) in [6, 6.07) is 7.68. The predicted octanol–water partition coefficient (Wildman–Crippen LogP) is 2.69. The molecule has 0 heterocycles. The number of hydrazine groups is 1. The minimum absolute atomic E-state index is 0.0671. The van der Waals surface area contributed by atoms with Gasteiger partial charge in [-0.1, -0.05) is 22.0 Å². The number of rotatable bonds is 4. The molecule has 1 amide bonds. The molecule has 15 heavy (non-hydrogen) atoms. The molecular weight excluding hydrogens is 256 g/mol. The van der Waals surface area contributed by atoms with Gasteiger partial charge in [0.15, 0.2) is 0 Å². The van der Waals surface area contributed by atoms with Crippen LogP contribution in [0.25, 0.3) is 0 Å². The number of benzene rings is 1. The van der Waals surface area contributed by atoms with Crippen molar-refractivity contribution in [2.24, 2.45) is 5.92 Å². The van der Waals surface area contributed by atoms with Crippen LogP contribution in [-0.4, -0.2) is 5.91 Å². The maximum absolute atomic E-state index is 11.4. The maximum atomic E-state index is 11.4. The van der Waals surface area contributed by atoms with Gasteiger partial charge in [-0.25, -0.2) is 0 Å². The van der Waals surface area contributed by atoms with Gasteiger partial charge in [-0.05, 0) is 37.0 Å². The Morgan fingerprint density at radius 3 is 2.93 bits per heavy atom. The molecule has 1 aromatic rings. The second kappa shape index (κ2) is 4.66. The van der Waals surface area contributed by atoms with Crippen LogP contribution in [0.5, 0.6) is 0 Å². The van der Waals surface area contributed by atoms with Crippen molar-refractivity contribution in [1.82, 2.24) is 5.43 Å². The third-order valence-electron chi connectivity index (χ3n) is 2.34. The van der Waals surface area contributed by atoms with Crippen molar-refractivity contribution in [3.63, 3.8) is 0 Å². The van der Waals surface area contributed by atoms with Gasteiger partial charge in [-0.2, -0.15) is 0 Å². The van der Waals surface area contributed by atoms with Crippen LogP contribution in [0, 0.1) is 5.92 Å². The SMILES string of the molecule is O=C(CC1CC1)NNc1cccc(Br)c1. The van der Waals surface area contributed by atoms with Gasteiger partial charge in [0, 0.05) is 10.9 Å². The lowest BCUT2D eigenvalue weighted by atomic mass is 10.3. The molecule has 0 radical (unpaired) electrons. The van der Waals surface area contributed by atoms with E-state index in [1.54, 1.807) is 0 Å². The number of amides is 1. The molecule has 1 aliphatic rings. The van der Waals surface area contributed by atoms with E-state index in [0.29, 0.717) is 12.3 Å². The highest BCUT2D eigenvalue weighted by atomic mass is 79.9. The fraction of sp³-hybridized carbons (Fsp3) is 0.364. The summed E-state index contributed by atoms with van der Waals surface area (Å²) in [4.78, 5) is 11.4. The summed E-state index contributed by atoms with van der Waals surface area (Å²) in [5.74, 6) is 0.687. The molecule has 0 bridgehead atoms. The first kappa shape index (κ1) is 10.5. The second-order valence-electron chi connectivity index (χ2n) is 3.83. The summed E-state index contributed by atoms with van der Waals surface area (Å²) in [6.07, 6.45) is 3.04. The fourth-order valence-electron chi connectivity index (χ4n) is 1.34. The summed E-state index contributed by atoms with van der Waals surface area (Å²) in [5.41, 5.74) is 6.46. The van der Waals surface area contributed by atoms with E-state index in [-0.39, 0.29) is 5.91 Å². The van der Waals surface area contributed by atoms with Gasteiger partial charge in [-0.3, -0.25) is 15.6 Å². The maximum Gasteiger partial charge on any atom is 0.238 e. The zero-order valence-electron chi connectivity index (χ0n) is 8.29. The normalized spacial score (nSPS) is 14.7. The van der Waals surface area contributed by atoms with E-state index >= 15 is 0 Å². The van der Waals surface area contributed by atoms with Gasteiger partial charge in [0.25, 0.3) is 0 Å². The molecule has 0 aliphatic heterocycles. The molecule has 0 atom stereocenters. The van der Waals surface area contributed by atoms with Crippen molar-refractivity contribution in [1.29, 1.82) is 0 Å². The molecule has 1 aromatic carbocycles. The van der Waals surface area contributed by atoms with Crippen LogP contribution < -0.4 is 10.9 Å². The first-order chi connectivity index (χ1) is 7.24. The Labute approximate surface area is 97.3 Å². The van der Waals surface area contributed by atoms with Crippen molar-refractivity contribution >= 4 is 27.5 Å². The second-order valence-corrected chi connectivity index (χ2v) is 4.75. The molecule has 3 nitrogen and oxygen atoms in total. The molecule has 2 N–H and O–H groups in total. The molecule has 0 unspecified atom stereocenters. The van der Waals surface area contributed by atoms with E-state index in [2.05, 4.69) is 26.8 Å². The molecule has 2 rings (SSSR count). The zero-order valence-corrected chi connectivity index (χ0v) is 9.88. The molecule has 1 saturated carbocycles. The number of carbonyl (C=O) groups excluding carboxylic acids is 1. The van der Waals surface area contributed by atoms with Gasteiger partial charge in [0.1, 0.15) is 0 Å². The number of hydrogen-bond donors (Lipinski definition) is 2. The minimum Gasteiger partial charge on any atom is -0.299 e. The van der Waals surface area contributed by atoms with E-state index in [9.17, 15) is 4.79 Å². The fourth-order valence-corrected chi connectivity index (χ4v) is 1.74. The largest absolute Gasteiger partial charge is 0.299 e. The predicted molar refractivity (Wildman–Crippen MR) is 63.2 cm³/mol. The number of anilines is 1. The highest BCUT2D eigenvalue weighted by Gasteiger charge is 2.24. The minimum atomic E-state index is 0.0671. The van der Waals surface area contributed by atoms with Gasteiger partial charge >= 0.3 is 0 Å². The van der Waals surface area contributed by atoms with E-state index in [1.165, 1.54) is 12.8 Å². The third kappa shape index (κ3) is 3.55. The molecule has 0 saturated heterocycles. The van der Waals surface area contributed by atoms with Crippen molar-refractivity contribution in [2.75, 3.05) is 5.43 Å². The Morgan fingerprint density at radius 2 is 2.27 bits per heavy atom. The Kier molecular flexibility index (Phi) is 3.26. The summed E-state index contributed by atoms with van der Waals surface area (Å²) < 4.78 is 0.990. The van der Waals surface area contributed by atoms with Gasteiger partial charge in [0.2, 0.25) is 5.91 Å².